The summed E-state index contributed by atoms with van der Waals surface area (Å²) < 4.78 is 20.8. The van der Waals surface area contributed by atoms with Gasteiger partial charge in [0.2, 0.25) is 0 Å². The zero-order valence-corrected chi connectivity index (χ0v) is 14.8. The normalized spacial score (nSPS) is 11.5. The smallest absolute Gasteiger partial charge is 0.320 e. The molecular weight excluding hydrogens is 298 g/mol. The van der Waals surface area contributed by atoms with E-state index in [0.29, 0.717) is 13.2 Å². The van der Waals surface area contributed by atoms with E-state index in [9.17, 15) is 4.79 Å². The fourth-order valence-electron chi connectivity index (χ4n) is 1.69. The van der Waals surface area contributed by atoms with Crippen molar-refractivity contribution < 1.29 is 23.7 Å². The number of esters is 1. The van der Waals surface area contributed by atoms with Gasteiger partial charge in [0, 0.05) is 13.2 Å². The number of allylic oxidation sites excluding steroid dienone is 2. The zero-order valence-electron chi connectivity index (χ0n) is 14.8. The highest BCUT2D eigenvalue weighted by atomic mass is 16.7. The molecule has 0 spiro atoms. The maximum atomic E-state index is 11.2. The van der Waals surface area contributed by atoms with Gasteiger partial charge in [0.25, 0.3) is 0 Å². The topological polar surface area (TPSA) is 66.0 Å². The van der Waals surface area contributed by atoms with Gasteiger partial charge in [-0.05, 0) is 53.0 Å². The Bertz CT molecular complexity index is 295. The maximum absolute atomic E-state index is 11.2. The Labute approximate surface area is 140 Å². The average Bonchev–Trinajstić information content (AvgIpc) is 2.50. The van der Waals surface area contributed by atoms with Crippen LogP contribution >= 0.6 is 0 Å². The van der Waals surface area contributed by atoms with Crippen molar-refractivity contribution in [3.05, 3.63) is 12.2 Å². The van der Waals surface area contributed by atoms with Gasteiger partial charge in [-0.1, -0.05) is 12.2 Å². The zero-order chi connectivity index (χ0) is 17.2. The largest absolute Gasteiger partial charge is 0.462 e. The molecule has 0 unspecified atom stereocenters. The van der Waals surface area contributed by atoms with E-state index in [-0.39, 0.29) is 32.2 Å². The van der Waals surface area contributed by atoms with Crippen molar-refractivity contribution in [2.24, 2.45) is 0 Å². The van der Waals surface area contributed by atoms with Gasteiger partial charge < -0.3 is 24.3 Å². The quantitative estimate of drug-likeness (QED) is 0.203. The summed E-state index contributed by atoms with van der Waals surface area (Å²) >= 11 is 0. The van der Waals surface area contributed by atoms with Crippen molar-refractivity contribution in [3.8, 4) is 0 Å². The molecule has 0 atom stereocenters. The minimum absolute atomic E-state index is 0.0603. The highest BCUT2D eigenvalue weighted by Crippen LogP contribution is 1.93. The average molecular weight is 331 g/mol. The van der Waals surface area contributed by atoms with Crippen molar-refractivity contribution in [3.63, 3.8) is 0 Å². The Kier molecular flexibility index (Phi) is 16.7. The summed E-state index contributed by atoms with van der Waals surface area (Å²) in [7, 11) is 0. The summed E-state index contributed by atoms with van der Waals surface area (Å²) in [5.74, 6) is -0.213. The van der Waals surface area contributed by atoms with Gasteiger partial charge >= 0.3 is 5.97 Å². The molecule has 0 heterocycles. The van der Waals surface area contributed by atoms with Crippen molar-refractivity contribution in [2.75, 3.05) is 39.9 Å². The van der Waals surface area contributed by atoms with E-state index in [1.165, 1.54) is 0 Å². The lowest BCUT2D eigenvalue weighted by molar-refractivity contribution is -0.146. The third-order valence-electron chi connectivity index (χ3n) is 2.76. The molecular formula is C17H33NO5. The lowest BCUT2D eigenvalue weighted by atomic mass is 10.3. The van der Waals surface area contributed by atoms with Crippen LogP contribution in [-0.4, -0.2) is 52.0 Å². The minimum Gasteiger partial charge on any atom is -0.462 e. The molecule has 0 aromatic carbocycles. The van der Waals surface area contributed by atoms with Gasteiger partial charge in [0.05, 0.1) is 12.6 Å². The third-order valence-corrected chi connectivity index (χ3v) is 2.76. The molecule has 0 rings (SSSR count). The van der Waals surface area contributed by atoms with E-state index >= 15 is 0 Å². The van der Waals surface area contributed by atoms with E-state index in [4.69, 9.17) is 18.9 Å². The molecule has 6 heteroatoms. The Balaban J connectivity index is 3.09. The fourth-order valence-corrected chi connectivity index (χ4v) is 1.69. The molecule has 0 aliphatic heterocycles. The first kappa shape index (κ1) is 22.1. The molecule has 0 radical (unpaired) electrons. The number of nitrogens with one attached hydrogen (secondary N) is 1. The van der Waals surface area contributed by atoms with Crippen LogP contribution in [0.25, 0.3) is 0 Å². The summed E-state index contributed by atoms with van der Waals surface area (Å²) in [4.78, 5) is 11.2. The highest BCUT2D eigenvalue weighted by molar-refractivity contribution is 5.71. The number of carbonyl (C=O) groups is 1. The van der Waals surface area contributed by atoms with E-state index in [1.807, 2.05) is 26.8 Å². The lowest BCUT2D eigenvalue weighted by Crippen LogP contribution is -2.27. The molecule has 1 N–H and O–H groups in total. The summed E-state index contributed by atoms with van der Waals surface area (Å²) in [6.07, 6.45) is 8.00. The number of unbranched alkanes of at least 4 members (excludes halogenated alkanes) is 2. The second-order valence-corrected chi connectivity index (χ2v) is 5.39. The molecule has 0 saturated carbocycles. The first-order valence-corrected chi connectivity index (χ1v) is 8.41. The molecule has 0 aliphatic carbocycles. The summed E-state index contributed by atoms with van der Waals surface area (Å²) in [5.41, 5.74) is 0. The van der Waals surface area contributed by atoms with E-state index in [1.54, 1.807) is 0 Å². The van der Waals surface area contributed by atoms with Crippen LogP contribution in [0.3, 0.4) is 0 Å². The number of rotatable bonds is 16. The predicted octanol–water partition coefficient (Wildman–Crippen LogP) is 2.63. The molecule has 0 fully saturated rings. The molecule has 0 amide bonds. The summed E-state index contributed by atoms with van der Waals surface area (Å²) in [6, 6.07) is 0. The van der Waals surface area contributed by atoms with Crippen LogP contribution in [0.1, 0.15) is 46.5 Å². The molecule has 6 nitrogen and oxygen atoms in total. The Morgan fingerprint density at radius 2 is 1.74 bits per heavy atom. The minimum atomic E-state index is -0.213. The number of ether oxygens (including phenoxy) is 4. The molecule has 0 aromatic rings. The van der Waals surface area contributed by atoms with E-state index in [0.717, 1.165) is 32.2 Å². The van der Waals surface area contributed by atoms with Crippen LogP contribution < -0.4 is 5.32 Å². The van der Waals surface area contributed by atoms with Crippen LogP contribution in [-0.2, 0) is 23.7 Å². The van der Waals surface area contributed by atoms with Gasteiger partial charge in [0.15, 0.2) is 0 Å². The summed E-state index contributed by atoms with van der Waals surface area (Å²) in [5, 5.41) is 3.04. The molecule has 0 aromatic heterocycles. The molecule has 23 heavy (non-hydrogen) atoms. The van der Waals surface area contributed by atoms with Gasteiger partial charge in [-0.2, -0.15) is 0 Å². The van der Waals surface area contributed by atoms with Crippen LogP contribution in [0.5, 0.6) is 0 Å². The first-order valence-electron chi connectivity index (χ1n) is 8.41. The molecule has 136 valence electrons. The molecule has 0 aliphatic rings. The van der Waals surface area contributed by atoms with Gasteiger partial charge in [-0.15, -0.1) is 0 Å². The fraction of sp³-hybridized carbons (Fsp3) is 0.824. The van der Waals surface area contributed by atoms with E-state index in [2.05, 4.69) is 11.4 Å². The van der Waals surface area contributed by atoms with Gasteiger partial charge in [-0.25, -0.2) is 0 Å². The lowest BCUT2D eigenvalue weighted by Gasteiger charge is -2.09. The van der Waals surface area contributed by atoms with Crippen LogP contribution in [0.15, 0.2) is 12.2 Å². The predicted molar refractivity (Wildman–Crippen MR) is 90.1 cm³/mol. The second-order valence-electron chi connectivity index (χ2n) is 5.39. The number of hydrogen-bond donors (Lipinski definition) is 1. The molecule has 0 bridgehead atoms. The van der Waals surface area contributed by atoms with Crippen molar-refractivity contribution in [1.29, 1.82) is 0 Å². The number of hydrogen-bond acceptors (Lipinski definition) is 6. The Hall–Kier alpha value is -0.950. The first-order chi connectivity index (χ1) is 11.2. The molecule has 0 saturated heterocycles. The second kappa shape index (κ2) is 17.4. The highest BCUT2D eigenvalue weighted by Gasteiger charge is 2.03. The van der Waals surface area contributed by atoms with Crippen molar-refractivity contribution in [2.45, 2.75) is 52.6 Å². The van der Waals surface area contributed by atoms with Crippen molar-refractivity contribution in [1.82, 2.24) is 5.32 Å². The van der Waals surface area contributed by atoms with Gasteiger partial charge in [-0.3, -0.25) is 4.79 Å². The van der Waals surface area contributed by atoms with E-state index < -0.39 is 0 Å². The standard InChI is InChI=1S/C17H33NO5/c1-4-5-6-8-11-20-14-22-15-21-12-9-7-10-18-13-17(19)23-16(2)3/h4-5,16,18H,6-15H2,1-3H3. The van der Waals surface area contributed by atoms with Crippen molar-refractivity contribution >= 4 is 5.97 Å². The number of carbonyl (C=O) groups excluding carboxylic acids is 1. The Morgan fingerprint density at radius 1 is 1.04 bits per heavy atom. The third kappa shape index (κ3) is 19.0. The Morgan fingerprint density at radius 3 is 2.39 bits per heavy atom. The maximum Gasteiger partial charge on any atom is 0.320 e. The van der Waals surface area contributed by atoms with Gasteiger partial charge in [0.1, 0.15) is 13.6 Å². The van der Waals surface area contributed by atoms with Crippen LogP contribution in [0, 0.1) is 0 Å². The van der Waals surface area contributed by atoms with Crippen LogP contribution in [0.4, 0.5) is 0 Å². The van der Waals surface area contributed by atoms with Crippen LogP contribution in [0.2, 0.25) is 0 Å². The summed E-state index contributed by atoms with van der Waals surface area (Å²) in [6.45, 7) is 8.59. The monoisotopic (exact) mass is 331 g/mol. The SMILES string of the molecule is CC=CCCCOCOCOCCCCNCC(=O)OC(C)C.